The number of hydrogen-bond donors (Lipinski definition) is 9. The van der Waals surface area contributed by atoms with Gasteiger partial charge in [-0.2, -0.15) is 0 Å². The fraction of sp³-hybridized carbons (Fsp3) is 0.667. The summed E-state index contributed by atoms with van der Waals surface area (Å²) < 4.78 is 22.8. The summed E-state index contributed by atoms with van der Waals surface area (Å²) in [7, 11) is 0. The summed E-state index contributed by atoms with van der Waals surface area (Å²) in [6.07, 6.45) is 80.1. The minimum Gasteiger partial charge on any atom is -0.394 e. The van der Waals surface area contributed by atoms with Crippen LogP contribution in [0.15, 0.2) is 158 Å². The van der Waals surface area contributed by atoms with Crippen LogP contribution in [0.25, 0.3) is 0 Å². The molecule has 2 rings (SSSR count). The molecule has 0 aromatic heterocycles. The molecule has 95 heavy (non-hydrogen) atoms. The normalized spacial score (nSPS) is 23.3. The van der Waals surface area contributed by atoms with Crippen molar-refractivity contribution in [2.75, 3.05) is 19.8 Å². The molecule has 0 aliphatic carbocycles. The highest BCUT2D eigenvalue weighted by Crippen LogP contribution is 2.30. The van der Waals surface area contributed by atoms with Crippen molar-refractivity contribution in [2.45, 2.75) is 325 Å². The molecule has 1 amide bonds. The van der Waals surface area contributed by atoms with Gasteiger partial charge in [-0.3, -0.25) is 4.79 Å². The van der Waals surface area contributed by atoms with Crippen LogP contribution >= 0.6 is 0 Å². The molecule has 0 radical (unpaired) electrons. The molecule has 0 saturated carbocycles. The molecular weight excluding hydrogens is 1190 g/mol. The second-order valence-corrected chi connectivity index (χ2v) is 25.3. The van der Waals surface area contributed by atoms with Crippen LogP contribution < -0.4 is 5.32 Å². The Kier molecular flexibility index (Phi) is 57.6. The lowest BCUT2D eigenvalue weighted by molar-refractivity contribution is -0.359. The summed E-state index contributed by atoms with van der Waals surface area (Å²) >= 11 is 0. The van der Waals surface area contributed by atoms with Gasteiger partial charge in [0, 0.05) is 6.42 Å². The smallest absolute Gasteiger partial charge is 0.220 e. The number of allylic oxidation sites excluding steroid dienone is 25. The second kappa shape index (κ2) is 63.1. The topological polar surface area (TPSA) is 228 Å². The molecular formula is C81H133NO13. The molecule has 12 atom stereocenters. The predicted octanol–water partition coefficient (Wildman–Crippen LogP) is 16.2. The van der Waals surface area contributed by atoms with E-state index in [4.69, 9.17) is 18.9 Å². The SMILES string of the molecule is CC/C=C\C/C=C\C/C=C\C/C=C\C/C=C\C/C=C\C/C=C\C/C=C\C/C=C\C/C=C\C/C=C\C/C=C\CCCCC(=O)NC(COC1OC(CO)C(OC2OC(CO)C(O)C(O)C2O)C(O)C1O)C(O)/C=C/CCCCCCCCCCCCCCCCCCCCCC. The van der Waals surface area contributed by atoms with E-state index in [1.807, 2.05) is 6.08 Å². The third-order valence-corrected chi connectivity index (χ3v) is 17.0. The molecule has 2 fully saturated rings. The fourth-order valence-electron chi connectivity index (χ4n) is 11.1. The van der Waals surface area contributed by atoms with Gasteiger partial charge in [0.2, 0.25) is 5.91 Å². The van der Waals surface area contributed by atoms with E-state index in [0.717, 1.165) is 116 Å². The van der Waals surface area contributed by atoms with Crippen LogP contribution in [0.2, 0.25) is 0 Å². The number of amides is 1. The molecule has 2 aliphatic rings. The van der Waals surface area contributed by atoms with Crippen molar-refractivity contribution in [3.8, 4) is 0 Å². The molecule has 2 aliphatic heterocycles. The van der Waals surface area contributed by atoms with Gasteiger partial charge >= 0.3 is 0 Å². The Bertz CT molecular complexity index is 2210. The first-order valence-electron chi connectivity index (χ1n) is 37.2. The Labute approximate surface area is 575 Å². The Hall–Kier alpha value is -4.39. The van der Waals surface area contributed by atoms with Crippen LogP contribution in [0.4, 0.5) is 0 Å². The van der Waals surface area contributed by atoms with Gasteiger partial charge in [0.1, 0.15) is 48.8 Å². The fourth-order valence-corrected chi connectivity index (χ4v) is 11.1. The molecule has 0 spiro atoms. The van der Waals surface area contributed by atoms with E-state index < -0.39 is 86.8 Å². The van der Waals surface area contributed by atoms with Gasteiger partial charge in [0.15, 0.2) is 12.6 Å². The largest absolute Gasteiger partial charge is 0.394 e. The minimum atomic E-state index is -1.80. The molecule has 0 aromatic carbocycles. The van der Waals surface area contributed by atoms with Crippen molar-refractivity contribution in [1.82, 2.24) is 5.32 Å². The number of rotatable bonds is 59. The predicted molar refractivity (Wildman–Crippen MR) is 391 cm³/mol. The van der Waals surface area contributed by atoms with Gasteiger partial charge in [-0.25, -0.2) is 0 Å². The number of ether oxygens (including phenoxy) is 4. The maximum absolute atomic E-state index is 13.3. The summed E-state index contributed by atoms with van der Waals surface area (Å²) in [4.78, 5) is 13.3. The van der Waals surface area contributed by atoms with E-state index >= 15 is 0 Å². The van der Waals surface area contributed by atoms with E-state index in [-0.39, 0.29) is 18.9 Å². The standard InChI is InChI=1S/C81H133NO13/c1-3-5-7-9-11-13-15-17-19-21-23-25-27-28-29-30-31-32-33-34-35-36-37-38-39-40-41-42-43-45-47-49-51-53-55-57-59-61-63-65-73(86)82-69(68-92-80-78(91)76(89)79(72(67-84)94-80)95-81-77(90)75(88)74(87)71(66-83)93-81)70(85)64-62-60-58-56-54-52-50-48-46-44-26-24-22-20-18-16-14-12-10-8-6-4-2/h5,7,11,13,17,19,23,25,28-29,31-32,34-35,37-38,40-41,43,45,49,51,55,57,62,64,69-72,74-81,83-85,87-91H,3-4,6,8-10,12,14-16,18,20-22,24,26-27,30,33,36,39,42,44,46-48,50,52-54,56,58-61,63,65-68H2,1-2H3,(H,82,86)/b7-5-,13-11-,19-17-,25-23-,29-28-,32-31-,35-34-,38-37-,41-40-,45-43-,51-49-,57-55-,64-62+. The van der Waals surface area contributed by atoms with Crippen molar-refractivity contribution in [3.63, 3.8) is 0 Å². The summed E-state index contributed by atoms with van der Waals surface area (Å²) in [6, 6.07) is -0.951. The van der Waals surface area contributed by atoms with Gasteiger partial charge in [-0.05, 0) is 109 Å². The number of carbonyl (C=O) groups excluding carboxylic acids is 1. The number of carbonyl (C=O) groups is 1. The van der Waals surface area contributed by atoms with Crippen LogP contribution in [0, 0.1) is 0 Å². The van der Waals surface area contributed by atoms with Crippen molar-refractivity contribution in [2.24, 2.45) is 0 Å². The van der Waals surface area contributed by atoms with Crippen LogP contribution in [0.5, 0.6) is 0 Å². The first-order valence-corrected chi connectivity index (χ1v) is 37.2. The maximum atomic E-state index is 13.3. The lowest BCUT2D eigenvalue weighted by Gasteiger charge is -2.46. The lowest BCUT2D eigenvalue weighted by Crippen LogP contribution is -2.65. The average Bonchev–Trinajstić information content (AvgIpc) is 0.801. The summed E-state index contributed by atoms with van der Waals surface area (Å²) in [6.45, 7) is 2.66. The quantitative estimate of drug-likeness (QED) is 0.0204. The molecule has 14 heteroatoms. The van der Waals surface area contributed by atoms with E-state index in [9.17, 15) is 45.6 Å². The number of unbranched alkanes of at least 4 members (excludes halogenated alkanes) is 22. The molecule has 540 valence electrons. The van der Waals surface area contributed by atoms with Crippen molar-refractivity contribution < 1.29 is 64.6 Å². The van der Waals surface area contributed by atoms with Gasteiger partial charge < -0.3 is 65.1 Å². The first kappa shape index (κ1) is 86.7. The van der Waals surface area contributed by atoms with Gasteiger partial charge in [-0.1, -0.05) is 294 Å². The average molecular weight is 1330 g/mol. The number of aliphatic hydroxyl groups is 8. The van der Waals surface area contributed by atoms with E-state index in [1.54, 1.807) is 6.08 Å². The van der Waals surface area contributed by atoms with Crippen molar-refractivity contribution >= 4 is 5.91 Å². The van der Waals surface area contributed by atoms with Crippen LogP contribution in [-0.4, -0.2) is 140 Å². The number of aliphatic hydroxyl groups excluding tert-OH is 8. The lowest BCUT2D eigenvalue weighted by atomic mass is 9.97. The molecule has 14 nitrogen and oxygen atoms in total. The molecule has 9 N–H and O–H groups in total. The first-order chi connectivity index (χ1) is 46.6. The molecule has 12 unspecified atom stereocenters. The number of hydrogen-bond acceptors (Lipinski definition) is 13. The van der Waals surface area contributed by atoms with E-state index in [1.165, 1.54) is 109 Å². The van der Waals surface area contributed by atoms with Crippen LogP contribution in [0.3, 0.4) is 0 Å². The highest BCUT2D eigenvalue weighted by molar-refractivity contribution is 5.76. The third-order valence-electron chi connectivity index (χ3n) is 17.0. The summed E-state index contributed by atoms with van der Waals surface area (Å²) in [5.74, 6) is -0.286. The Morgan fingerprint density at radius 2 is 0.726 bits per heavy atom. The zero-order valence-corrected chi connectivity index (χ0v) is 58.8. The Morgan fingerprint density at radius 3 is 1.12 bits per heavy atom. The highest BCUT2D eigenvalue weighted by atomic mass is 16.7. The zero-order valence-electron chi connectivity index (χ0n) is 58.8. The Balaban J connectivity index is 1.69. The van der Waals surface area contributed by atoms with Gasteiger partial charge in [0.05, 0.1) is 32.0 Å². The molecule has 0 aromatic rings. The van der Waals surface area contributed by atoms with Crippen LogP contribution in [0.1, 0.15) is 251 Å². The molecule has 0 bridgehead atoms. The second-order valence-electron chi connectivity index (χ2n) is 25.3. The third kappa shape index (κ3) is 46.5. The molecule has 2 saturated heterocycles. The van der Waals surface area contributed by atoms with Gasteiger partial charge in [-0.15, -0.1) is 0 Å². The minimum absolute atomic E-state index is 0.216. The van der Waals surface area contributed by atoms with Gasteiger partial charge in [0.25, 0.3) is 0 Å². The summed E-state index contributed by atoms with van der Waals surface area (Å²) in [5, 5.41) is 87.5. The zero-order chi connectivity index (χ0) is 68.7. The molecule has 2 heterocycles. The van der Waals surface area contributed by atoms with Crippen molar-refractivity contribution in [3.05, 3.63) is 158 Å². The van der Waals surface area contributed by atoms with Crippen molar-refractivity contribution in [1.29, 1.82) is 0 Å². The monoisotopic (exact) mass is 1330 g/mol. The number of nitrogens with one attached hydrogen (secondary N) is 1. The highest BCUT2D eigenvalue weighted by Gasteiger charge is 2.51. The Morgan fingerprint density at radius 1 is 0.389 bits per heavy atom. The van der Waals surface area contributed by atoms with Crippen LogP contribution in [-0.2, 0) is 23.7 Å². The summed E-state index contributed by atoms with van der Waals surface area (Å²) in [5.41, 5.74) is 0. The van der Waals surface area contributed by atoms with E-state index in [2.05, 4.69) is 165 Å². The maximum Gasteiger partial charge on any atom is 0.220 e. The van der Waals surface area contributed by atoms with E-state index in [0.29, 0.717) is 6.42 Å².